The molecule has 7 heteroatoms. The van der Waals surface area contributed by atoms with Gasteiger partial charge >= 0.3 is 5.97 Å². The highest BCUT2D eigenvalue weighted by atomic mass is 32.1. The topological polar surface area (TPSA) is 89.4 Å². The molecule has 0 amide bonds. The van der Waals surface area contributed by atoms with E-state index in [2.05, 4.69) is 4.98 Å². The molecular weight excluding hydrogens is 390 g/mol. The lowest BCUT2D eigenvalue weighted by Gasteiger charge is -2.12. The molecule has 0 fully saturated rings. The van der Waals surface area contributed by atoms with Gasteiger partial charge in [-0.15, -0.1) is 11.3 Å². The third-order valence-electron chi connectivity index (χ3n) is 4.18. The fourth-order valence-electron chi connectivity index (χ4n) is 2.55. The van der Waals surface area contributed by atoms with Gasteiger partial charge in [-0.05, 0) is 18.2 Å². The van der Waals surface area contributed by atoms with Crippen molar-refractivity contribution in [3.63, 3.8) is 0 Å². The number of hydrogen-bond donors (Lipinski definition) is 1. The van der Waals surface area contributed by atoms with E-state index in [1.165, 1.54) is 24.5 Å². The van der Waals surface area contributed by atoms with Crippen LogP contribution in [0.15, 0.2) is 45.6 Å². The molecule has 0 saturated heterocycles. The molecule has 0 aliphatic heterocycles. The Bertz CT molecular complexity index is 1240. The van der Waals surface area contributed by atoms with Crippen LogP contribution in [0.5, 0.6) is 0 Å². The molecule has 6 nitrogen and oxygen atoms in total. The SMILES string of the molecule is COC(=O)c1ccccc1-c1ccc(C=c2sc(=CC(=O)C(C)(C)C)[nH]c2=O)o1. The number of benzene rings is 1. The molecule has 1 aromatic carbocycles. The van der Waals surface area contributed by atoms with Crippen LogP contribution in [0.4, 0.5) is 0 Å². The van der Waals surface area contributed by atoms with Crippen molar-refractivity contribution in [1.82, 2.24) is 4.98 Å². The quantitative estimate of drug-likeness (QED) is 0.667. The van der Waals surface area contributed by atoms with E-state index >= 15 is 0 Å². The number of rotatable bonds is 4. The Kier molecular flexibility index (Phi) is 5.70. The van der Waals surface area contributed by atoms with Crippen LogP contribution in [0.25, 0.3) is 23.5 Å². The number of carbonyl (C=O) groups excluding carboxylic acids is 2. The van der Waals surface area contributed by atoms with Gasteiger partial charge in [0.2, 0.25) is 0 Å². The van der Waals surface area contributed by atoms with Crippen LogP contribution in [-0.2, 0) is 9.53 Å². The Hall–Kier alpha value is -3.19. The molecule has 3 aromatic rings. The standard InChI is InChI=1S/C22H21NO5S/c1-22(2,3)18(24)12-19-23-20(25)17(29-19)11-13-9-10-16(28-13)14-7-5-6-8-15(14)21(26)27-4/h5-12H,1-4H3,(H,23,25). The molecule has 0 aliphatic rings. The van der Waals surface area contributed by atoms with Gasteiger partial charge in [0.15, 0.2) is 5.78 Å². The van der Waals surface area contributed by atoms with E-state index in [9.17, 15) is 14.4 Å². The Balaban J connectivity index is 1.99. The van der Waals surface area contributed by atoms with Crippen LogP contribution in [0.3, 0.4) is 0 Å². The predicted octanol–water partition coefficient (Wildman–Crippen LogP) is 2.71. The molecule has 29 heavy (non-hydrogen) atoms. The molecule has 1 N–H and O–H groups in total. The average molecular weight is 411 g/mol. The number of hydrogen-bond acceptors (Lipinski definition) is 6. The molecule has 0 atom stereocenters. The maximum Gasteiger partial charge on any atom is 0.338 e. The van der Waals surface area contributed by atoms with Crippen LogP contribution in [0, 0.1) is 5.41 Å². The molecule has 0 radical (unpaired) electrons. The van der Waals surface area contributed by atoms with E-state index in [1.54, 1.807) is 42.5 Å². The summed E-state index contributed by atoms with van der Waals surface area (Å²) in [5.41, 5.74) is 0.176. The number of Topliss-reactive ketones (excluding diaryl/α,β-unsaturated/α-hetero) is 1. The summed E-state index contributed by atoms with van der Waals surface area (Å²) in [6.07, 6.45) is 3.05. The summed E-state index contributed by atoms with van der Waals surface area (Å²) < 4.78 is 11.5. The molecule has 3 rings (SSSR count). The summed E-state index contributed by atoms with van der Waals surface area (Å²) in [6.45, 7) is 5.46. The van der Waals surface area contributed by atoms with Crippen molar-refractivity contribution in [1.29, 1.82) is 0 Å². The summed E-state index contributed by atoms with van der Waals surface area (Å²) in [6, 6.07) is 10.4. The predicted molar refractivity (Wildman–Crippen MR) is 112 cm³/mol. The number of esters is 1. The highest BCUT2D eigenvalue weighted by Crippen LogP contribution is 2.26. The molecule has 0 unspecified atom stereocenters. The summed E-state index contributed by atoms with van der Waals surface area (Å²) in [5.74, 6) is 0.419. The fraction of sp³-hybridized carbons (Fsp3) is 0.227. The van der Waals surface area contributed by atoms with Gasteiger partial charge in [0.1, 0.15) is 11.5 Å². The Morgan fingerprint density at radius 2 is 1.86 bits per heavy atom. The van der Waals surface area contributed by atoms with Crippen LogP contribution in [0.2, 0.25) is 0 Å². The third-order valence-corrected chi connectivity index (χ3v) is 5.14. The van der Waals surface area contributed by atoms with E-state index < -0.39 is 11.4 Å². The molecule has 150 valence electrons. The largest absolute Gasteiger partial charge is 0.465 e. The van der Waals surface area contributed by atoms with Gasteiger partial charge in [0, 0.05) is 23.1 Å². The molecule has 0 aliphatic carbocycles. The highest BCUT2D eigenvalue weighted by Gasteiger charge is 2.19. The zero-order valence-corrected chi connectivity index (χ0v) is 17.4. The number of ketones is 1. The zero-order chi connectivity index (χ0) is 21.2. The van der Waals surface area contributed by atoms with Gasteiger partial charge in [0.25, 0.3) is 5.56 Å². The second-order valence-corrected chi connectivity index (χ2v) is 8.51. The first-order valence-electron chi connectivity index (χ1n) is 8.93. The Morgan fingerprint density at radius 3 is 2.55 bits per heavy atom. The van der Waals surface area contributed by atoms with Crippen molar-refractivity contribution in [3.05, 3.63) is 67.3 Å². The summed E-state index contributed by atoms with van der Waals surface area (Å²) in [4.78, 5) is 39.0. The maximum atomic E-state index is 12.2. The average Bonchev–Trinajstić information content (AvgIpc) is 3.27. The van der Waals surface area contributed by atoms with E-state index in [-0.39, 0.29) is 11.3 Å². The lowest BCUT2D eigenvalue weighted by molar-refractivity contribution is -0.119. The first kappa shape index (κ1) is 20.5. The maximum absolute atomic E-state index is 12.2. The second kappa shape index (κ2) is 8.05. The summed E-state index contributed by atoms with van der Waals surface area (Å²) in [7, 11) is 1.32. The molecule has 0 spiro atoms. The molecule has 0 bridgehead atoms. The Morgan fingerprint density at radius 1 is 1.14 bits per heavy atom. The van der Waals surface area contributed by atoms with E-state index in [0.717, 1.165) is 0 Å². The zero-order valence-electron chi connectivity index (χ0n) is 16.6. The lowest BCUT2D eigenvalue weighted by atomic mass is 9.91. The number of thiazole rings is 1. The van der Waals surface area contributed by atoms with Crippen LogP contribution in [0.1, 0.15) is 36.9 Å². The number of methoxy groups -OCH3 is 1. The summed E-state index contributed by atoms with van der Waals surface area (Å²) >= 11 is 1.18. The minimum absolute atomic E-state index is 0.0683. The minimum atomic E-state index is -0.520. The van der Waals surface area contributed by atoms with Crippen molar-refractivity contribution in [2.45, 2.75) is 20.8 Å². The van der Waals surface area contributed by atoms with Crippen molar-refractivity contribution in [2.75, 3.05) is 7.11 Å². The van der Waals surface area contributed by atoms with Crippen molar-refractivity contribution in [3.8, 4) is 11.3 Å². The number of H-pyrrole nitrogens is 1. The smallest absolute Gasteiger partial charge is 0.338 e. The van der Waals surface area contributed by atoms with Gasteiger partial charge < -0.3 is 14.1 Å². The van der Waals surface area contributed by atoms with Gasteiger partial charge in [0.05, 0.1) is 21.9 Å². The third kappa shape index (κ3) is 4.63. The number of furan rings is 1. The molecule has 2 heterocycles. The van der Waals surface area contributed by atoms with Gasteiger partial charge in [-0.2, -0.15) is 0 Å². The number of carbonyl (C=O) groups is 2. The first-order chi connectivity index (χ1) is 13.7. The van der Waals surface area contributed by atoms with Crippen LogP contribution < -0.4 is 14.8 Å². The van der Waals surface area contributed by atoms with Crippen LogP contribution in [-0.4, -0.2) is 23.8 Å². The van der Waals surface area contributed by atoms with Crippen molar-refractivity contribution in [2.24, 2.45) is 5.41 Å². The van der Waals surface area contributed by atoms with E-state index in [1.807, 2.05) is 20.8 Å². The van der Waals surface area contributed by atoms with Crippen LogP contribution >= 0.6 is 11.3 Å². The van der Waals surface area contributed by atoms with E-state index in [4.69, 9.17) is 9.15 Å². The molecular formula is C22H21NO5S. The summed E-state index contributed by atoms with van der Waals surface area (Å²) in [5, 5.41) is 0. The van der Waals surface area contributed by atoms with Gasteiger partial charge in [-0.3, -0.25) is 9.59 Å². The van der Waals surface area contributed by atoms with Gasteiger partial charge in [-0.1, -0.05) is 39.0 Å². The molecule has 0 saturated carbocycles. The monoisotopic (exact) mass is 411 g/mol. The fourth-order valence-corrected chi connectivity index (χ4v) is 3.42. The number of aromatic amines is 1. The number of nitrogens with one attached hydrogen (secondary N) is 1. The first-order valence-corrected chi connectivity index (χ1v) is 9.75. The van der Waals surface area contributed by atoms with Crippen molar-refractivity contribution < 1.29 is 18.7 Å². The number of aromatic nitrogens is 1. The lowest BCUT2D eigenvalue weighted by Crippen LogP contribution is -2.22. The van der Waals surface area contributed by atoms with Crippen molar-refractivity contribution >= 4 is 35.2 Å². The van der Waals surface area contributed by atoms with Gasteiger partial charge in [-0.25, -0.2) is 4.79 Å². The number of ether oxygens (including phenoxy) is 1. The second-order valence-electron chi connectivity index (χ2n) is 7.43. The Labute approximate surface area is 171 Å². The van der Waals surface area contributed by atoms with E-state index in [0.29, 0.717) is 31.8 Å². The molecule has 2 aromatic heterocycles. The normalized spacial score (nSPS) is 13.0. The highest BCUT2D eigenvalue weighted by molar-refractivity contribution is 7.07. The minimum Gasteiger partial charge on any atom is -0.465 e.